The number of aromatic nitrogens is 1. The lowest BCUT2D eigenvalue weighted by atomic mass is 10.2. The molecule has 4 nitrogen and oxygen atoms in total. The number of aryl methyl sites for hydroxylation is 1. The molecule has 30 heavy (non-hydrogen) atoms. The highest BCUT2D eigenvalue weighted by atomic mass is 35.5. The summed E-state index contributed by atoms with van der Waals surface area (Å²) in [4.78, 5) is 12.1. The van der Waals surface area contributed by atoms with Crippen molar-refractivity contribution in [2.75, 3.05) is 5.75 Å². The highest BCUT2D eigenvalue weighted by Gasteiger charge is 2.13. The van der Waals surface area contributed by atoms with Gasteiger partial charge in [0.25, 0.3) is 0 Å². The minimum absolute atomic E-state index is 0.171. The molecule has 8 heteroatoms. The van der Waals surface area contributed by atoms with Crippen molar-refractivity contribution in [1.29, 1.82) is 0 Å². The van der Waals surface area contributed by atoms with Gasteiger partial charge in [0.15, 0.2) is 0 Å². The topological polar surface area (TPSA) is 46.4 Å². The summed E-state index contributed by atoms with van der Waals surface area (Å²) in [5.41, 5.74) is 7.19. The van der Waals surface area contributed by atoms with Crippen molar-refractivity contribution in [2.24, 2.45) is 5.10 Å². The molecule has 0 unspecified atom stereocenters. The van der Waals surface area contributed by atoms with Gasteiger partial charge in [0, 0.05) is 27.7 Å². The number of hydrazone groups is 1. The van der Waals surface area contributed by atoms with Gasteiger partial charge in [-0.1, -0.05) is 59.1 Å². The maximum Gasteiger partial charge on any atom is 0.250 e. The molecule has 0 radical (unpaired) electrons. The number of amides is 1. The van der Waals surface area contributed by atoms with Crippen molar-refractivity contribution >= 4 is 58.7 Å². The Balaban J connectivity index is 1.61. The molecule has 3 rings (SSSR count). The third kappa shape index (κ3) is 5.41. The van der Waals surface area contributed by atoms with Crippen LogP contribution in [-0.2, 0) is 10.5 Å². The van der Waals surface area contributed by atoms with E-state index in [1.165, 1.54) is 11.8 Å². The number of hydrogen-bond donors (Lipinski definition) is 1. The van der Waals surface area contributed by atoms with E-state index in [9.17, 15) is 4.79 Å². The van der Waals surface area contributed by atoms with Crippen LogP contribution in [0.3, 0.4) is 0 Å². The van der Waals surface area contributed by atoms with Crippen molar-refractivity contribution in [1.82, 2.24) is 9.99 Å². The number of halogens is 3. The Morgan fingerprint density at radius 1 is 1.10 bits per heavy atom. The quantitative estimate of drug-likeness (QED) is 0.312. The van der Waals surface area contributed by atoms with Crippen LogP contribution < -0.4 is 5.43 Å². The standard InChI is InChI=1S/C22H20Cl3N3OS/c1-14-10-17(15(2)28(14)20-9-5-8-19(24)22(20)25)11-26-27-21(29)13-30-12-16-6-3-4-7-18(16)23/h3-11H,12-13H2,1-2H3,(H,27,29)/b26-11+. The Kier molecular flexibility index (Phi) is 7.89. The Labute approximate surface area is 195 Å². The lowest BCUT2D eigenvalue weighted by molar-refractivity contribution is -0.118. The van der Waals surface area contributed by atoms with Crippen LogP contribution in [0.25, 0.3) is 5.69 Å². The molecule has 0 spiro atoms. The van der Waals surface area contributed by atoms with E-state index in [0.717, 1.165) is 28.2 Å². The summed E-state index contributed by atoms with van der Waals surface area (Å²) in [5, 5.41) is 5.80. The zero-order valence-electron chi connectivity index (χ0n) is 16.5. The number of thioether (sulfide) groups is 1. The van der Waals surface area contributed by atoms with Gasteiger partial charge < -0.3 is 4.57 Å². The zero-order valence-corrected chi connectivity index (χ0v) is 19.5. The largest absolute Gasteiger partial charge is 0.316 e. The van der Waals surface area contributed by atoms with Gasteiger partial charge in [-0.2, -0.15) is 5.10 Å². The normalized spacial score (nSPS) is 11.2. The molecule has 0 fully saturated rings. The SMILES string of the molecule is Cc1cc(/C=N/NC(=O)CSCc2ccccc2Cl)c(C)n1-c1cccc(Cl)c1Cl. The Morgan fingerprint density at radius 3 is 2.60 bits per heavy atom. The molecule has 1 amide bonds. The maximum absolute atomic E-state index is 12.1. The third-order valence-electron chi connectivity index (χ3n) is 4.48. The highest BCUT2D eigenvalue weighted by molar-refractivity contribution is 7.99. The molecule has 0 aliphatic heterocycles. The molecule has 0 saturated heterocycles. The average molecular weight is 481 g/mol. The predicted octanol–water partition coefficient (Wildman–Crippen LogP) is 6.44. The van der Waals surface area contributed by atoms with Gasteiger partial charge >= 0.3 is 0 Å². The van der Waals surface area contributed by atoms with Gasteiger partial charge in [0.1, 0.15) is 0 Å². The minimum Gasteiger partial charge on any atom is -0.316 e. The molecular formula is C22H20Cl3N3OS. The second-order valence-electron chi connectivity index (χ2n) is 6.61. The first kappa shape index (κ1) is 22.8. The number of nitrogens with zero attached hydrogens (tertiary/aromatic N) is 2. The summed E-state index contributed by atoms with van der Waals surface area (Å²) in [5.74, 6) is 0.785. The molecule has 1 N–H and O–H groups in total. The molecule has 0 atom stereocenters. The summed E-state index contributed by atoms with van der Waals surface area (Å²) in [6.45, 7) is 3.94. The summed E-state index contributed by atoms with van der Waals surface area (Å²) in [6, 6.07) is 15.1. The molecule has 0 bridgehead atoms. The van der Waals surface area contributed by atoms with Crippen LogP contribution >= 0.6 is 46.6 Å². The lowest BCUT2D eigenvalue weighted by Crippen LogP contribution is -2.19. The van der Waals surface area contributed by atoms with Crippen LogP contribution in [0.15, 0.2) is 53.6 Å². The summed E-state index contributed by atoms with van der Waals surface area (Å²) in [6.07, 6.45) is 1.63. The van der Waals surface area contributed by atoms with Gasteiger partial charge in [-0.25, -0.2) is 5.43 Å². The second kappa shape index (κ2) is 10.4. The van der Waals surface area contributed by atoms with Crippen LogP contribution in [0, 0.1) is 13.8 Å². The summed E-state index contributed by atoms with van der Waals surface area (Å²) < 4.78 is 2.01. The fraction of sp³-hybridized carbons (Fsp3) is 0.182. The maximum atomic E-state index is 12.1. The van der Waals surface area contributed by atoms with Crippen molar-refractivity contribution in [3.05, 3.63) is 86.1 Å². The van der Waals surface area contributed by atoms with E-state index in [4.69, 9.17) is 34.8 Å². The Hall–Kier alpha value is -1.92. The first-order chi connectivity index (χ1) is 14.4. The van der Waals surface area contributed by atoms with Gasteiger partial charge in [-0.05, 0) is 43.7 Å². The molecule has 1 aromatic heterocycles. The number of rotatable bonds is 7. The Bertz CT molecular complexity index is 1100. The number of nitrogens with one attached hydrogen (secondary N) is 1. The van der Waals surface area contributed by atoms with Gasteiger partial charge in [-0.3, -0.25) is 4.79 Å². The smallest absolute Gasteiger partial charge is 0.250 e. The van der Waals surface area contributed by atoms with Crippen molar-refractivity contribution in [3.8, 4) is 5.69 Å². The lowest BCUT2D eigenvalue weighted by Gasteiger charge is -2.12. The number of benzene rings is 2. The molecule has 156 valence electrons. The van der Waals surface area contributed by atoms with Crippen LogP contribution in [0.2, 0.25) is 15.1 Å². The fourth-order valence-corrected chi connectivity index (χ4v) is 4.51. The van der Waals surface area contributed by atoms with Crippen molar-refractivity contribution < 1.29 is 4.79 Å². The number of carbonyl (C=O) groups excluding carboxylic acids is 1. The average Bonchev–Trinajstić information content (AvgIpc) is 2.99. The first-order valence-corrected chi connectivity index (χ1v) is 11.4. The molecule has 2 aromatic carbocycles. The summed E-state index contributed by atoms with van der Waals surface area (Å²) >= 11 is 20.1. The summed E-state index contributed by atoms with van der Waals surface area (Å²) in [7, 11) is 0. The van der Waals surface area contributed by atoms with E-state index in [1.54, 1.807) is 12.3 Å². The van der Waals surface area contributed by atoms with Crippen LogP contribution in [-0.4, -0.2) is 22.4 Å². The number of hydrogen-bond acceptors (Lipinski definition) is 3. The van der Waals surface area contributed by atoms with Gasteiger partial charge in [0.2, 0.25) is 5.91 Å². The van der Waals surface area contributed by atoms with E-state index in [-0.39, 0.29) is 5.91 Å². The molecule has 0 saturated carbocycles. The van der Waals surface area contributed by atoms with Crippen molar-refractivity contribution in [3.63, 3.8) is 0 Å². The van der Waals surface area contributed by atoms with E-state index in [1.807, 2.05) is 60.9 Å². The number of carbonyl (C=O) groups is 1. The fourth-order valence-electron chi connectivity index (χ4n) is 3.03. The molecule has 3 aromatic rings. The minimum atomic E-state index is -0.171. The van der Waals surface area contributed by atoms with Crippen LogP contribution in [0.5, 0.6) is 0 Å². The van der Waals surface area contributed by atoms with Crippen LogP contribution in [0.4, 0.5) is 0 Å². The monoisotopic (exact) mass is 479 g/mol. The molecule has 1 heterocycles. The second-order valence-corrected chi connectivity index (χ2v) is 8.79. The third-order valence-corrected chi connectivity index (χ3v) is 6.64. The first-order valence-electron chi connectivity index (χ1n) is 9.15. The van der Waals surface area contributed by atoms with Crippen LogP contribution in [0.1, 0.15) is 22.5 Å². The van der Waals surface area contributed by atoms with Crippen molar-refractivity contribution in [2.45, 2.75) is 19.6 Å². The zero-order chi connectivity index (χ0) is 21.7. The Morgan fingerprint density at radius 2 is 1.83 bits per heavy atom. The molecular weight excluding hydrogens is 461 g/mol. The van der Waals surface area contributed by atoms with E-state index >= 15 is 0 Å². The predicted molar refractivity (Wildman–Crippen MR) is 129 cm³/mol. The van der Waals surface area contributed by atoms with E-state index < -0.39 is 0 Å². The van der Waals surface area contributed by atoms with E-state index in [2.05, 4.69) is 10.5 Å². The van der Waals surface area contributed by atoms with Gasteiger partial charge in [-0.15, -0.1) is 11.8 Å². The molecule has 0 aliphatic rings. The van der Waals surface area contributed by atoms with Gasteiger partial charge in [0.05, 0.1) is 27.7 Å². The molecule has 0 aliphatic carbocycles. The highest BCUT2D eigenvalue weighted by Crippen LogP contribution is 2.31. The van der Waals surface area contributed by atoms with E-state index in [0.29, 0.717) is 26.6 Å².